The second-order valence-corrected chi connectivity index (χ2v) is 10.8. The Kier molecular flexibility index (Phi) is 8.84. The van der Waals surface area contributed by atoms with Crippen LogP contribution in [0.2, 0.25) is 0 Å². The number of nitrogens with one attached hydrogen (secondary N) is 1. The summed E-state index contributed by atoms with van der Waals surface area (Å²) < 4.78 is 24.6. The minimum Gasteiger partial charge on any atom is -0.496 e. The number of carbonyl (C=O) groups is 2. The lowest BCUT2D eigenvalue weighted by Crippen LogP contribution is -2.43. The van der Waals surface area contributed by atoms with Crippen LogP contribution >= 0.6 is 0 Å². The maximum Gasteiger partial charge on any atom is 0.410 e. The van der Waals surface area contributed by atoms with Gasteiger partial charge in [-0.25, -0.2) is 14.2 Å². The van der Waals surface area contributed by atoms with Gasteiger partial charge in [0.05, 0.1) is 7.11 Å². The van der Waals surface area contributed by atoms with E-state index in [9.17, 15) is 14.0 Å². The van der Waals surface area contributed by atoms with Crippen molar-refractivity contribution in [3.8, 4) is 16.9 Å². The van der Waals surface area contributed by atoms with Gasteiger partial charge in [0.25, 0.3) is 5.91 Å². The van der Waals surface area contributed by atoms with E-state index >= 15 is 0 Å². The number of hydrogen-bond acceptors (Lipinski definition) is 5. The summed E-state index contributed by atoms with van der Waals surface area (Å²) in [4.78, 5) is 32.1. The molecule has 0 radical (unpaired) electrons. The molecular formula is C31H36FN3O4. The molecule has 8 heteroatoms. The molecule has 2 amide bonds. The van der Waals surface area contributed by atoms with Gasteiger partial charge in [0.2, 0.25) is 0 Å². The van der Waals surface area contributed by atoms with E-state index in [1.807, 2.05) is 37.8 Å². The second kappa shape index (κ2) is 12.3. The van der Waals surface area contributed by atoms with Crippen molar-refractivity contribution < 1.29 is 23.5 Å². The van der Waals surface area contributed by atoms with Crippen molar-refractivity contribution in [1.29, 1.82) is 0 Å². The number of ether oxygens (including phenoxy) is 2. The molecule has 1 saturated carbocycles. The van der Waals surface area contributed by atoms with Gasteiger partial charge in [0, 0.05) is 36.0 Å². The van der Waals surface area contributed by atoms with Gasteiger partial charge in [0.15, 0.2) is 0 Å². The van der Waals surface area contributed by atoms with Crippen molar-refractivity contribution in [2.75, 3.05) is 12.4 Å². The zero-order valence-corrected chi connectivity index (χ0v) is 23.0. The Morgan fingerprint density at radius 2 is 1.74 bits per heavy atom. The van der Waals surface area contributed by atoms with Crippen molar-refractivity contribution in [1.82, 2.24) is 9.88 Å². The number of pyridine rings is 1. The van der Waals surface area contributed by atoms with Crippen LogP contribution in [0.4, 0.5) is 15.0 Å². The molecule has 1 fully saturated rings. The zero-order chi connectivity index (χ0) is 28.0. The number of hydrogen-bond donors (Lipinski definition) is 1. The number of amides is 2. The highest BCUT2D eigenvalue weighted by Crippen LogP contribution is 2.31. The zero-order valence-electron chi connectivity index (χ0n) is 23.0. The predicted molar refractivity (Wildman–Crippen MR) is 149 cm³/mol. The van der Waals surface area contributed by atoms with Gasteiger partial charge in [-0.15, -0.1) is 0 Å². The molecule has 1 N–H and O–H groups in total. The molecule has 1 heterocycles. The minimum absolute atomic E-state index is 0.148. The van der Waals surface area contributed by atoms with E-state index in [1.165, 1.54) is 25.7 Å². The van der Waals surface area contributed by atoms with E-state index in [4.69, 9.17) is 9.47 Å². The van der Waals surface area contributed by atoms with Crippen LogP contribution < -0.4 is 10.1 Å². The smallest absolute Gasteiger partial charge is 0.410 e. The molecule has 0 atom stereocenters. The van der Waals surface area contributed by atoms with Crippen LogP contribution in [0.5, 0.6) is 5.75 Å². The van der Waals surface area contributed by atoms with Crippen LogP contribution in [0.1, 0.15) is 68.8 Å². The first-order valence-electron chi connectivity index (χ1n) is 13.3. The summed E-state index contributed by atoms with van der Waals surface area (Å²) in [6.07, 6.45) is 6.61. The Labute approximate surface area is 229 Å². The Hall–Kier alpha value is -3.94. The first-order chi connectivity index (χ1) is 18.6. The van der Waals surface area contributed by atoms with Gasteiger partial charge < -0.3 is 19.7 Å². The molecule has 1 aromatic heterocycles. The van der Waals surface area contributed by atoms with Crippen molar-refractivity contribution in [2.45, 2.75) is 71.1 Å². The molecule has 3 aromatic rings. The number of nitrogens with zero attached hydrogens (tertiary/aromatic N) is 2. The first kappa shape index (κ1) is 28.1. The van der Waals surface area contributed by atoms with Crippen molar-refractivity contribution >= 4 is 17.8 Å². The molecule has 1 aliphatic rings. The fraction of sp³-hybridized carbons (Fsp3) is 0.387. The third kappa shape index (κ3) is 7.56. The lowest BCUT2D eigenvalue weighted by Gasteiger charge is -2.35. The number of carbonyl (C=O) groups excluding carboxylic acids is 2. The monoisotopic (exact) mass is 533 g/mol. The molecule has 4 rings (SSSR count). The molecule has 7 nitrogen and oxygen atoms in total. The van der Waals surface area contributed by atoms with E-state index in [2.05, 4.69) is 10.3 Å². The van der Waals surface area contributed by atoms with Gasteiger partial charge in [-0.2, -0.15) is 0 Å². The van der Waals surface area contributed by atoms with Gasteiger partial charge in [-0.3, -0.25) is 4.79 Å². The number of aromatic nitrogens is 1. The summed E-state index contributed by atoms with van der Waals surface area (Å²) >= 11 is 0. The Morgan fingerprint density at radius 3 is 2.41 bits per heavy atom. The van der Waals surface area contributed by atoms with Gasteiger partial charge in [-0.05, 0) is 81.1 Å². The maximum absolute atomic E-state index is 13.6. The quantitative estimate of drug-likeness (QED) is 0.347. The van der Waals surface area contributed by atoms with Crippen LogP contribution in [0.25, 0.3) is 11.1 Å². The Balaban J connectivity index is 1.46. The largest absolute Gasteiger partial charge is 0.496 e. The lowest BCUT2D eigenvalue weighted by atomic mass is 9.94. The molecule has 0 bridgehead atoms. The topological polar surface area (TPSA) is 80.8 Å². The highest BCUT2D eigenvalue weighted by atomic mass is 19.1. The second-order valence-electron chi connectivity index (χ2n) is 10.8. The highest BCUT2D eigenvalue weighted by molar-refractivity contribution is 6.04. The van der Waals surface area contributed by atoms with Crippen molar-refractivity contribution in [3.63, 3.8) is 0 Å². The number of halogens is 1. The molecule has 206 valence electrons. The highest BCUT2D eigenvalue weighted by Gasteiger charge is 2.29. The van der Waals surface area contributed by atoms with Crippen LogP contribution in [0.3, 0.4) is 0 Å². The Morgan fingerprint density at radius 1 is 1.03 bits per heavy atom. The molecule has 0 unspecified atom stereocenters. The molecule has 0 saturated heterocycles. The molecule has 0 aliphatic heterocycles. The van der Waals surface area contributed by atoms with Crippen molar-refractivity contribution in [3.05, 3.63) is 77.7 Å². The summed E-state index contributed by atoms with van der Waals surface area (Å²) in [5, 5.41) is 2.82. The van der Waals surface area contributed by atoms with Crippen LogP contribution in [0, 0.1) is 5.82 Å². The summed E-state index contributed by atoms with van der Waals surface area (Å²) in [6, 6.07) is 15.1. The standard InChI is InChI=1S/C31H36FN3O4/c1-31(2,3)39-30(37)35(25-8-6-5-7-9-25)20-21-10-12-22(13-11-21)29(36)34-28-18-23(16-17-33-28)26-15-14-24(32)19-27(26)38-4/h10-19,25H,5-9,20H2,1-4H3,(H,33,34,36). The maximum atomic E-state index is 13.6. The fourth-order valence-electron chi connectivity index (χ4n) is 4.77. The van der Waals surface area contributed by atoms with Gasteiger partial charge in [-0.1, -0.05) is 31.4 Å². The van der Waals surface area contributed by atoms with Crippen LogP contribution in [-0.2, 0) is 11.3 Å². The van der Waals surface area contributed by atoms with E-state index in [0.29, 0.717) is 29.2 Å². The summed E-state index contributed by atoms with van der Waals surface area (Å²) in [7, 11) is 1.48. The van der Waals surface area contributed by atoms with Gasteiger partial charge in [0.1, 0.15) is 23.0 Å². The number of methoxy groups -OCH3 is 1. The molecular weight excluding hydrogens is 497 g/mol. The van der Waals surface area contributed by atoms with E-state index in [1.54, 1.807) is 36.5 Å². The van der Waals surface area contributed by atoms with E-state index in [-0.39, 0.29) is 18.0 Å². The van der Waals surface area contributed by atoms with Crippen molar-refractivity contribution in [2.24, 2.45) is 0 Å². The fourth-order valence-corrected chi connectivity index (χ4v) is 4.77. The van der Waals surface area contributed by atoms with Crippen LogP contribution in [-0.4, -0.2) is 40.6 Å². The number of anilines is 1. The SMILES string of the molecule is COc1cc(F)ccc1-c1ccnc(NC(=O)c2ccc(CN(C(=O)OC(C)(C)C)C3CCCCC3)cc2)c1. The molecule has 2 aromatic carbocycles. The summed E-state index contributed by atoms with van der Waals surface area (Å²) in [6.45, 7) is 6.04. The summed E-state index contributed by atoms with van der Waals surface area (Å²) in [5.74, 6) is 0.0483. The predicted octanol–water partition coefficient (Wildman–Crippen LogP) is 7.22. The average molecular weight is 534 g/mol. The van der Waals surface area contributed by atoms with Gasteiger partial charge >= 0.3 is 6.09 Å². The average Bonchev–Trinajstić information content (AvgIpc) is 2.91. The normalized spacial score (nSPS) is 14.0. The van der Waals surface area contributed by atoms with E-state index < -0.39 is 11.4 Å². The van der Waals surface area contributed by atoms with E-state index in [0.717, 1.165) is 36.8 Å². The molecule has 39 heavy (non-hydrogen) atoms. The molecule has 0 spiro atoms. The Bertz CT molecular complexity index is 1300. The molecule has 1 aliphatic carbocycles. The number of rotatable bonds is 7. The first-order valence-corrected chi connectivity index (χ1v) is 13.3. The van der Waals surface area contributed by atoms with Crippen LogP contribution in [0.15, 0.2) is 60.8 Å². The third-order valence-corrected chi connectivity index (χ3v) is 6.69. The lowest BCUT2D eigenvalue weighted by molar-refractivity contribution is 0.00987. The number of benzene rings is 2. The third-order valence-electron chi connectivity index (χ3n) is 6.69. The minimum atomic E-state index is -0.570. The summed E-state index contributed by atoms with van der Waals surface area (Å²) in [5.41, 5.74) is 2.24.